The van der Waals surface area contributed by atoms with Gasteiger partial charge in [0.1, 0.15) is 17.4 Å². The van der Waals surface area contributed by atoms with Crippen molar-refractivity contribution >= 4 is 43.6 Å². The predicted octanol–water partition coefficient (Wildman–Crippen LogP) is 5.63. The molecule has 0 N–H and O–H groups in total. The molecule has 0 unspecified atom stereocenters. The second-order valence-electron chi connectivity index (χ2n) is 8.78. The molecule has 192 valence electrons. The Bertz CT molecular complexity index is 1830. The van der Waals surface area contributed by atoms with E-state index in [0.717, 1.165) is 16.9 Å². The number of methoxy groups -OCH3 is 3. The second kappa shape index (κ2) is 8.84. The molecule has 5 aromatic rings. The fourth-order valence-corrected chi connectivity index (χ4v) is 5.92. The van der Waals surface area contributed by atoms with Gasteiger partial charge in [0.15, 0.2) is 22.1 Å². The molecule has 0 aliphatic carbocycles. The van der Waals surface area contributed by atoms with Gasteiger partial charge in [-0.2, -0.15) is 0 Å². The van der Waals surface area contributed by atoms with E-state index in [1.165, 1.54) is 38.4 Å². The van der Waals surface area contributed by atoms with E-state index in [0.29, 0.717) is 44.0 Å². The van der Waals surface area contributed by atoms with Gasteiger partial charge in [-0.3, -0.25) is 14.5 Å². The van der Waals surface area contributed by atoms with Crippen molar-refractivity contribution in [1.29, 1.82) is 0 Å². The van der Waals surface area contributed by atoms with Crippen molar-refractivity contribution in [2.24, 2.45) is 0 Å². The van der Waals surface area contributed by atoms with Crippen molar-refractivity contribution in [2.45, 2.75) is 13.0 Å². The lowest BCUT2D eigenvalue weighted by atomic mass is 9.97. The van der Waals surface area contributed by atoms with Crippen molar-refractivity contribution in [3.05, 3.63) is 87.0 Å². The Morgan fingerprint density at radius 3 is 2.50 bits per heavy atom. The molecule has 0 bridgehead atoms. The number of carbonyl (C=O) groups excluding carboxylic acids is 1. The van der Waals surface area contributed by atoms with Crippen LogP contribution in [0, 0.1) is 12.7 Å². The Kier molecular flexibility index (Phi) is 5.57. The van der Waals surface area contributed by atoms with Gasteiger partial charge in [0, 0.05) is 5.56 Å². The highest BCUT2D eigenvalue weighted by Crippen LogP contribution is 2.50. The molecule has 10 heteroatoms. The van der Waals surface area contributed by atoms with Crippen LogP contribution in [0.2, 0.25) is 0 Å². The Labute approximate surface area is 219 Å². The van der Waals surface area contributed by atoms with Crippen molar-refractivity contribution < 1.29 is 27.8 Å². The molecule has 3 heterocycles. The standard InChI is InChI=1S/C28H21FN2O6S/c1-13-5-9-18-16(11-13)23(32)21-22(15-7-10-19(34-2)25(36-4)24(15)35-3)31(27(33)26(21)37-18)28-30-17-8-6-14(29)12-20(17)38-28/h5-12,22H,1-4H3/t22-/m1/s1. The molecule has 0 fully saturated rings. The van der Waals surface area contributed by atoms with E-state index in [-0.39, 0.29) is 21.9 Å². The van der Waals surface area contributed by atoms with Crippen LogP contribution in [-0.4, -0.2) is 32.2 Å². The molecule has 1 aliphatic rings. The highest BCUT2D eigenvalue weighted by Gasteiger charge is 2.46. The minimum atomic E-state index is -0.959. The van der Waals surface area contributed by atoms with E-state index >= 15 is 0 Å². The predicted molar refractivity (Wildman–Crippen MR) is 142 cm³/mol. The number of nitrogens with zero attached hydrogens (tertiary/aromatic N) is 2. The van der Waals surface area contributed by atoms with E-state index < -0.39 is 17.8 Å². The summed E-state index contributed by atoms with van der Waals surface area (Å²) in [6.45, 7) is 1.87. The Balaban J connectivity index is 1.68. The number of amides is 1. The van der Waals surface area contributed by atoms with Crippen LogP contribution < -0.4 is 24.5 Å². The van der Waals surface area contributed by atoms with Crippen LogP contribution in [0.4, 0.5) is 9.52 Å². The number of carbonyl (C=O) groups is 1. The van der Waals surface area contributed by atoms with Crippen LogP contribution in [0.15, 0.2) is 57.7 Å². The number of fused-ring (bicyclic) bond motifs is 3. The summed E-state index contributed by atoms with van der Waals surface area (Å²) in [5.41, 5.74) is 1.99. The second-order valence-corrected chi connectivity index (χ2v) is 9.79. The topological polar surface area (TPSA) is 91.1 Å². The highest BCUT2D eigenvalue weighted by atomic mass is 32.1. The number of hydrogen-bond donors (Lipinski definition) is 0. The number of aryl methyl sites for hydroxylation is 1. The van der Waals surface area contributed by atoms with Crippen molar-refractivity contribution in [3.63, 3.8) is 0 Å². The summed E-state index contributed by atoms with van der Waals surface area (Å²) in [5, 5.41) is 0.637. The van der Waals surface area contributed by atoms with Crippen LogP contribution in [0.1, 0.15) is 33.3 Å². The van der Waals surface area contributed by atoms with Crippen LogP contribution in [0.5, 0.6) is 17.2 Å². The molecular weight excluding hydrogens is 511 g/mol. The third-order valence-corrected chi connectivity index (χ3v) is 7.62. The average molecular weight is 533 g/mol. The summed E-state index contributed by atoms with van der Waals surface area (Å²) >= 11 is 1.14. The minimum Gasteiger partial charge on any atom is -0.493 e. The van der Waals surface area contributed by atoms with Gasteiger partial charge in [-0.1, -0.05) is 23.0 Å². The van der Waals surface area contributed by atoms with Crippen LogP contribution in [-0.2, 0) is 0 Å². The van der Waals surface area contributed by atoms with Crippen LogP contribution in [0.3, 0.4) is 0 Å². The molecule has 1 atom stereocenters. The molecule has 2 aromatic heterocycles. The number of hydrogen-bond acceptors (Lipinski definition) is 8. The number of halogens is 1. The first kappa shape index (κ1) is 23.9. The van der Waals surface area contributed by atoms with Gasteiger partial charge in [0.2, 0.25) is 11.5 Å². The summed E-state index contributed by atoms with van der Waals surface area (Å²) in [5.74, 6) is -0.0279. The van der Waals surface area contributed by atoms with Crippen molar-refractivity contribution in [2.75, 3.05) is 26.2 Å². The molecule has 0 saturated carbocycles. The lowest BCUT2D eigenvalue weighted by Gasteiger charge is -2.25. The van der Waals surface area contributed by atoms with E-state index in [1.54, 1.807) is 30.3 Å². The maximum absolute atomic E-state index is 14.0. The first-order valence-corrected chi connectivity index (χ1v) is 12.4. The number of ether oxygens (including phenoxy) is 3. The fraction of sp³-hybridized carbons (Fsp3) is 0.179. The third kappa shape index (κ3) is 3.44. The fourth-order valence-electron chi connectivity index (χ4n) is 4.91. The van der Waals surface area contributed by atoms with E-state index in [1.807, 2.05) is 13.0 Å². The van der Waals surface area contributed by atoms with Gasteiger partial charge in [-0.25, -0.2) is 9.37 Å². The average Bonchev–Trinajstić information content (AvgIpc) is 3.46. The third-order valence-electron chi connectivity index (χ3n) is 6.60. The number of rotatable bonds is 5. The maximum atomic E-state index is 14.0. The van der Waals surface area contributed by atoms with Gasteiger partial charge >= 0.3 is 0 Å². The van der Waals surface area contributed by atoms with E-state index in [2.05, 4.69) is 4.98 Å². The lowest BCUT2D eigenvalue weighted by molar-refractivity contribution is 0.0970. The largest absolute Gasteiger partial charge is 0.493 e. The summed E-state index contributed by atoms with van der Waals surface area (Å²) in [6.07, 6.45) is 0. The quantitative estimate of drug-likeness (QED) is 0.290. The number of anilines is 1. The SMILES string of the molecule is COc1ccc([C@@H]2c3c(oc4ccc(C)cc4c3=O)C(=O)N2c2nc3ccc(F)cc3s2)c(OC)c1OC. The van der Waals surface area contributed by atoms with Crippen molar-refractivity contribution in [3.8, 4) is 17.2 Å². The molecule has 8 nitrogen and oxygen atoms in total. The molecule has 38 heavy (non-hydrogen) atoms. The Hall–Kier alpha value is -4.44. The smallest absolute Gasteiger partial charge is 0.297 e. The van der Waals surface area contributed by atoms with E-state index in [9.17, 15) is 14.0 Å². The van der Waals surface area contributed by atoms with E-state index in [4.69, 9.17) is 18.6 Å². The van der Waals surface area contributed by atoms with Crippen LogP contribution >= 0.6 is 11.3 Å². The molecule has 0 spiro atoms. The zero-order valence-corrected chi connectivity index (χ0v) is 21.6. The lowest BCUT2D eigenvalue weighted by Crippen LogP contribution is -2.29. The summed E-state index contributed by atoms with van der Waals surface area (Å²) in [7, 11) is 4.44. The number of benzene rings is 3. The van der Waals surface area contributed by atoms with Gasteiger partial charge in [-0.05, 0) is 49.4 Å². The summed E-state index contributed by atoms with van der Waals surface area (Å²) in [4.78, 5) is 33.9. The summed E-state index contributed by atoms with van der Waals surface area (Å²) < 4.78 is 37.3. The van der Waals surface area contributed by atoms with Gasteiger partial charge in [-0.15, -0.1) is 0 Å². The molecule has 1 aliphatic heterocycles. The first-order valence-electron chi connectivity index (χ1n) is 11.6. The maximum Gasteiger partial charge on any atom is 0.297 e. The molecule has 0 saturated heterocycles. The number of thiazole rings is 1. The molecule has 3 aromatic carbocycles. The van der Waals surface area contributed by atoms with Gasteiger partial charge in [0.25, 0.3) is 5.91 Å². The molecular formula is C28H21FN2O6S. The Morgan fingerprint density at radius 2 is 1.76 bits per heavy atom. The molecule has 0 radical (unpaired) electrons. The van der Waals surface area contributed by atoms with Crippen LogP contribution in [0.25, 0.3) is 21.2 Å². The first-order chi connectivity index (χ1) is 18.4. The highest BCUT2D eigenvalue weighted by molar-refractivity contribution is 7.22. The minimum absolute atomic E-state index is 0.0846. The van der Waals surface area contributed by atoms with Gasteiger partial charge in [0.05, 0.1) is 42.5 Å². The zero-order valence-electron chi connectivity index (χ0n) is 20.8. The number of aromatic nitrogens is 1. The van der Waals surface area contributed by atoms with Gasteiger partial charge < -0.3 is 18.6 Å². The molecule has 6 rings (SSSR count). The summed E-state index contributed by atoms with van der Waals surface area (Å²) in [6, 6.07) is 11.9. The monoisotopic (exact) mass is 532 g/mol. The zero-order chi connectivity index (χ0) is 26.7. The Morgan fingerprint density at radius 1 is 0.974 bits per heavy atom. The molecule has 1 amide bonds. The van der Waals surface area contributed by atoms with Crippen molar-refractivity contribution in [1.82, 2.24) is 4.98 Å². The normalized spacial score (nSPS) is 14.8.